The van der Waals surface area contributed by atoms with Gasteiger partial charge < -0.3 is 24.3 Å². The summed E-state index contributed by atoms with van der Waals surface area (Å²) in [5.41, 5.74) is -0.437. The Bertz CT molecular complexity index is 660. The van der Waals surface area contributed by atoms with Crippen molar-refractivity contribution >= 4 is 5.91 Å². The number of carbonyl (C=O) groups excluding carboxylic acids is 1. The number of imidazole rings is 1. The number of hydrogen-bond acceptors (Lipinski definition) is 5. The Kier molecular flexibility index (Phi) is 6.04. The molecule has 2 saturated heterocycles. The van der Waals surface area contributed by atoms with Crippen LogP contribution >= 0.6 is 0 Å². The molecule has 7 heteroatoms. The predicted molar refractivity (Wildman–Crippen MR) is 106 cm³/mol. The fraction of sp³-hybridized carbons (Fsp3) is 0.810. The van der Waals surface area contributed by atoms with Crippen LogP contribution in [-0.2, 0) is 26.4 Å². The van der Waals surface area contributed by atoms with E-state index in [4.69, 9.17) is 9.47 Å². The normalized spacial score (nSPS) is 25.8. The maximum atomic E-state index is 12.7. The number of aromatic nitrogens is 2. The van der Waals surface area contributed by atoms with Crippen molar-refractivity contribution in [2.45, 2.75) is 57.8 Å². The van der Waals surface area contributed by atoms with Crippen LogP contribution in [0.2, 0.25) is 0 Å². The smallest absolute Gasteiger partial charge is 0.251 e. The molecule has 1 aromatic heterocycles. The summed E-state index contributed by atoms with van der Waals surface area (Å²) in [4.78, 5) is 19.9. The molecule has 2 fully saturated rings. The highest BCUT2D eigenvalue weighted by atomic mass is 16.5. The van der Waals surface area contributed by atoms with Crippen LogP contribution < -0.4 is 5.32 Å². The summed E-state index contributed by atoms with van der Waals surface area (Å²) < 4.78 is 14.1. The molecule has 0 saturated carbocycles. The van der Waals surface area contributed by atoms with Gasteiger partial charge in [0.1, 0.15) is 11.4 Å². The van der Waals surface area contributed by atoms with E-state index in [-0.39, 0.29) is 5.91 Å². The van der Waals surface area contributed by atoms with Gasteiger partial charge >= 0.3 is 0 Å². The van der Waals surface area contributed by atoms with Crippen molar-refractivity contribution in [2.24, 2.45) is 11.8 Å². The van der Waals surface area contributed by atoms with Crippen molar-refractivity contribution in [3.63, 3.8) is 0 Å². The van der Waals surface area contributed by atoms with Crippen molar-refractivity contribution in [3.05, 3.63) is 18.2 Å². The molecule has 7 nitrogen and oxygen atoms in total. The van der Waals surface area contributed by atoms with Crippen molar-refractivity contribution < 1.29 is 14.3 Å². The Balaban J connectivity index is 1.41. The minimum absolute atomic E-state index is 0.00272. The van der Waals surface area contributed by atoms with Gasteiger partial charge in [0.2, 0.25) is 0 Å². The number of carbonyl (C=O) groups is 1. The van der Waals surface area contributed by atoms with E-state index >= 15 is 0 Å². The van der Waals surface area contributed by atoms with Gasteiger partial charge in [0.25, 0.3) is 5.91 Å². The highest BCUT2D eigenvalue weighted by molar-refractivity contribution is 5.80. The topological polar surface area (TPSA) is 68.6 Å². The zero-order chi connectivity index (χ0) is 19.6. The quantitative estimate of drug-likeness (QED) is 0.830. The molecule has 0 bridgehead atoms. The first kappa shape index (κ1) is 19.9. The van der Waals surface area contributed by atoms with Crippen molar-refractivity contribution in [2.75, 3.05) is 39.4 Å². The Hall–Kier alpha value is -1.44. The minimum atomic E-state index is -0.442. The maximum Gasteiger partial charge on any atom is 0.251 e. The van der Waals surface area contributed by atoms with E-state index in [2.05, 4.69) is 33.6 Å². The predicted octanol–water partition coefficient (Wildman–Crippen LogP) is 1.77. The average Bonchev–Trinajstić information content (AvgIpc) is 3.18. The number of amides is 1. The van der Waals surface area contributed by atoms with Crippen LogP contribution in [-0.4, -0.2) is 65.9 Å². The Morgan fingerprint density at radius 1 is 1.32 bits per heavy atom. The van der Waals surface area contributed by atoms with Gasteiger partial charge in [-0.05, 0) is 37.5 Å². The van der Waals surface area contributed by atoms with Crippen LogP contribution in [0.1, 0.15) is 45.4 Å². The lowest BCUT2D eigenvalue weighted by Gasteiger charge is -2.46. The SMILES string of the molecule is CC(C)CNC(=O)[C@@H]1Cn2ccnc2C2(CCN(CC3CCOCC3)CC2)O1. The van der Waals surface area contributed by atoms with Gasteiger partial charge in [0, 0.05) is 51.8 Å². The van der Waals surface area contributed by atoms with Crippen molar-refractivity contribution in [1.29, 1.82) is 0 Å². The third kappa shape index (κ3) is 4.26. The summed E-state index contributed by atoms with van der Waals surface area (Å²) >= 11 is 0. The summed E-state index contributed by atoms with van der Waals surface area (Å²) in [6.07, 6.45) is 7.49. The number of nitrogens with one attached hydrogen (secondary N) is 1. The Morgan fingerprint density at radius 2 is 2.07 bits per heavy atom. The van der Waals surface area contributed by atoms with E-state index in [0.29, 0.717) is 19.0 Å². The summed E-state index contributed by atoms with van der Waals surface area (Å²) in [5.74, 6) is 2.16. The molecule has 1 N–H and O–H groups in total. The van der Waals surface area contributed by atoms with Crippen LogP contribution in [0, 0.1) is 11.8 Å². The second kappa shape index (κ2) is 8.51. The molecule has 1 atom stereocenters. The molecule has 0 radical (unpaired) electrons. The van der Waals surface area contributed by atoms with Crippen molar-refractivity contribution in [1.82, 2.24) is 19.8 Å². The fourth-order valence-corrected chi connectivity index (χ4v) is 4.68. The van der Waals surface area contributed by atoms with Crippen molar-refractivity contribution in [3.8, 4) is 0 Å². The monoisotopic (exact) mass is 390 g/mol. The van der Waals surface area contributed by atoms with Gasteiger partial charge in [-0.3, -0.25) is 4.79 Å². The van der Waals surface area contributed by atoms with Crippen LogP contribution in [0.4, 0.5) is 0 Å². The Morgan fingerprint density at radius 3 is 2.79 bits per heavy atom. The Labute approximate surface area is 167 Å². The highest BCUT2D eigenvalue weighted by Crippen LogP contribution is 2.40. The first-order valence-electron chi connectivity index (χ1n) is 10.8. The zero-order valence-corrected chi connectivity index (χ0v) is 17.2. The zero-order valence-electron chi connectivity index (χ0n) is 17.2. The second-order valence-electron chi connectivity index (χ2n) is 9.00. The molecule has 1 aromatic rings. The average molecular weight is 391 g/mol. The van der Waals surface area contributed by atoms with Gasteiger partial charge in [-0.25, -0.2) is 4.98 Å². The molecule has 4 rings (SSSR count). The summed E-state index contributed by atoms with van der Waals surface area (Å²) in [5, 5.41) is 3.04. The number of nitrogens with zero attached hydrogens (tertiary/aromatic N) is 3. The summed E-state index contributed by atoms with van der Waals surface area (Å²) in [6, 6.07) is 0. The summed E-state index contributed by atoms with van der Waals surface area (Å²) in [7, 11) is 0. The van der Waals surface area contributed by atoms with E-state index in [1.54, 1.807) is 0 Å². The number of piperidine rings is 1. The second-order valence-corrected chi connectivity index (χ2v) is 9.00. The molecule has 0 aromatic carbocycles. The lowest BCUT2D eigenvalue weighted by molar-refractivity contribution is -0.174. The minimum Gasteiger partial charge on any atom is -0.381 e. The molecule has 0 unspecified atom stereocenters. The van der Waals surface area contributed by atoms with Crippen LogP contribution in [0.3, 0.4) is 0 Å². The molecule has 3 aliphatic rings. The van der Waals surface area contributed by atoms with Gasteiger partial charge in [-0.1, -0.05) is 13.8 Å². The molecular formula is C21H34N4O3. The fourth-order valence-electron chi connectivity index (χ4n) is 4.68. The first-order valence-corrected chi connectivity index (χ1v) is 10.8. The molecule has 1 amide bonds. The van der Waals surface area contributed by atoms with E-state index in [1.807, 2.05) is 12.4 Å². The number of ether oxygens (including phenoxy) is 2. The number of fused-ring (bicyclic) bond motifs is 2. The molecular weight excluding hydrogens is 356 g/mol. The molecule has 3 aliphatic heterocycles. The molecule has 4 heterocycles. The highest BCUT2D eigenvalue weighted by Gasteiger charge is 2.47. The van der Waals surface area contributed by atoms with Crippen LogP contribution in [0.15, 0.2) is 12.4 Å². The number of hydrogen-bond donors (Lipinski definition) is 1. The van der Waals surface area contributed by atoms with E-state index in [1.165, 1.54) is 12.8 Å². The standard InChI is InChI=1S/C21H34N4O3/c1-16(2)13-23-19(26)18-15-25-10-7-22-20(25)21(28-18)5-8-24(9-6-21)14-17-3-11-27-12-4-17/h7,10,16-18H,3-6,8-9,11-15H2,1-2H3,(H,23,26)/t18-/m0/s1. The molecule has 156 valence electrons. The van der Waals surface area contributed by atoms with Crippen LogP contribution in [0.25, 0.3) is 0 Å². The molecule has 1 spiro atoms. The van der Waals surface area contributed by atoms with Crippen LogP contribution in [0.5, 0.6) is 0 Å². The van der Waals surface area contributed by atoms with E-state index < -0.39 is 11.7 Å². The number of rotatable bonds is 5. The first-order chi connectivity index (χ1) is 13.6. The van der Waals surface area contributed by atoms with Gasteiger partial charge in [0.05, 0.1) is 6.54 Å². The lowest BCUT2D eigenvalue weighted by Crippen LogP contribution is -2.54. The van der Waals surface area contributed by atoms with E-state index in [9.17, 15) is 4.79 Å². The molecule has 0 aliphatic carbocycles. The third-order valence-corrected chi connectivity index (χ3v) is 6.35. The van der Waals surface area contributed by atoms with E-state index in [0.717, 1.165) is 57.4 Å². The number of likely N-dealkylation sites (tertiary alicyclic amines) is 1. The largest absolute Gasteiger partial charge is 0.381 e. The maximum absolute atomic E-state index is 12.7. The van der Waals surface area contributed by atoms with Gasteiger partial charge in [0.15, 0.2) is 6.10 Å². The third-order valence-electron chi connectivity index (χ3n) is 6.35. The van der Waals surface area contributed by atoms with Gasteiger partial charge in [-0.2, -0.15) is 0 Å². The lowest BCUT2D eigenvalue weighted by atomic mass is 9.87. The van der Waals surface area contributed by atoms with Gasteiger partial charge in [-0.15, -0.1) is 0 Å². The summed E-state index contributed by atoms with van der Waals surface area (Å²) in [6.45, 7) is 10.4. The molecule has 28 heavy (non-hydrogen) atoms.